The van der Waals surface area contributed by atoms with Gasteiger partial charge in [0, 0.05) is 17.5 Å². The Labute approximate surface area is 110 Å². The summed E-state index contributed by atoms with van der Waals surface area (Å²) in [5.41, 5.74) is 2.41. The molecule has 1 aromatic rings. The summed E-state index contributed by atoms with van der Waals surface area (Å²) in [6, 6.07) is 4.86. The second kappa shape index (κ2) is 7.02. The van der Waals surface area contributed by atoms with Crippen LogP contribution in [-0.2, 0) is 0 Å². The monoisotopic (exact) mass is 252 g/mol. The predicted octanol–water partition coefficient (Wildman–Crippen LogP) is 3.42. The van der Waals surface area contributed by atoms with Gasteiger partial charge in [0.15, 0.2) is 0 Å². The van der Waals surface area contributed by atoms with Crippen molar-refractivity contribution in [3.8, 4) is 0 Å². The van der Waals surface area contributed by atoms with Crippen LogP contribution in [0.25, 0.3) is 0 Å². The highest BCUT2D eigenvalue weighted by molar-refractivity contribution is 7.99. The number of rotatable bonds is 6. The van der Waals surface area contributed by atoms with Crippen molar-refractivity contribution in [2.45, 2.75) is 45.7 Å². The molecule has 0 amide bonds. The number of thioether (sulfide) groups is 1. The Balaban J connectivity index is 2.39. The normalized spacial score (nSPS) is 13.1. The number of aryl methyl sites for hydroxylation is 2. The molecule has 96 valence electrons. The Hall–Kier alpha value is -0.540. The molecule has 0 bridgehead atoms. The van der Waals surface area contributed by atoms with Gasteiger partial charge in [0.25, 0.3) is 0 Å². The molecule has 1 N–H and O–H groups in total. The minimum Gasteiger partial charge on any atom is -0.314 e. The van der Waals surface area contributed by atoms with Crippen molar-refractivity contribution >= 4 is 11.8 Å². The molecule has 0 saturated heterocycles. The van der Waals surface area contributed by atoms with Gasteiger partial charge in [-0.2, -0.15) is 0 Å². The van der Waals surface area contributed by atoms with Gasteiger partial charge in [-0.25, -0.2) is 4.98 Å². The predicted molar refractivity (Wildman–Crippen MR) is 76.7 cm³/mol. The van der Waals surface area contributed by atoms with Crippen molar-refractivity contribution in [1.82, 2.24) is 10.3 Å². The highest BCUT2D eigenvalue weighted by Gasteiger charge is 2.05. The largest absolute Gasteiger partial charge is 0.314 e. The summed E-state index contributed by atoms with van der Waals surface area (Å²) < 4.78 is 0. The maximum Gasteiger partial charge on any atom is 0.0965 e. The smallest absolute Gasteiger partial charge is 0.0965 e. The molecular formula is C14H24N2S. The average molecular weight is 252 g/mol. The van der Waals surface area contributed by atoms with Gasteiger partial charge in [-0.3, -0.25) is 0 Å². The van der Waals surface area contributed by atoms with Crippen molar-refractivity contribution in [3.05, 3.63) is 23.4 Å². The van der Waals surface area contributed by atoms with E-state index in [4.69, 9.17) is 0 Å². The van der Waals surface area contributed by atoms with Crippen molar-refractivity contribution in [1.29, 1.82) is 0 Å². The lowest BCUT2D eigenvalue weighted by Gasteiger charge is -2.14. The van der Waals surface area contributed by atoms with Crippen molar-refractivity contribution in [3.63, 3.8) is 0 Å². The van der Waals surface area contributed by atoms with Crippen LogP contribution < -0.4 is 5.32 Å². The van der Waals surface area contributed by atoms with E-state index in [1.54, 1.807) is 0 Å². The zero-order chi connectivity index (χ0) is 12.8. The van der Waals surface area contributed by atoms with Gasteiger partial charge < -0.3 is 5.32 Å². The van der Waals surface area contributed by atoms with Gasteiger partial charge in [0.05, 0.1) is 5.03 Å². The first-order chi connectivity index (χ1) is 7.97. The second-order valence-electron chi connectivity index (χ2n) is 5.10. The van der Waals surface area contributed by atoms with Crippen LogP contribution in [0.3, 0.4) is 0 Å². The molecule has 0 aliphatic heterocycles. The molecule has 1 heterocycles. The van der Waals surface area contributed by atoms with Gasteiger partial charge in [-0.05, 0) is 44.0 Å². The number of nitrogens with zero attached hydrogens (tertiary/aromatic N) is 1. The second-order valence-corrected chi connectivity index (χ2v) is 6.14. The third-order valence-corrected chi connectivity index (χ3v) is 3.71. The van der Waals surface area contributed by atoms with E-state index in [1.165, 1.54) is 5.56 Å². The van der Waals surface area contributed by atoms with E-state index in [9.17, 15) is 0 Å². The zero-order valence-electron chi connectivity index (χ0n) is 11.6. The highest BCUT2D eigenvalue weighted by atomic mass is 32.2. The van der Waals surface area contributed by atoms with Crippen LogP contribution in [0.4, 0.5) is 0 Å². The minimum absolute atomic E-state index is 0.571. The van der Waals surface area contributed by atoms with Gasteiger partial charge in [-0.15, -0.1) is 11.8 Å². The number of hydrogen-bond acceptors (Lipinski definition) is 3. The third kappa shape index (κ3) is 6.08. The standard InChI is InChI=1S/C14H24N2S/c1-10(2)15-8-12(4)9-17-14-7-11(3)6-13(5)16-14/h6-7,10,12,15H,8-9H2,1-5H3. The fraction of sp³-hybridized carbons (Fsp3) is 0.643. The lowest BCUT2D eigenvalue weighted by molar-refractivity contribution is 0.510. The SMILES string of the molecule is Cc1cc(C)nc(SCC(C)CNC(C)C)c1. The molecule has 0 spiro atoms. The van der Waals surface area contributed by atoms with E-state index in [0.29, 0.717) is 12.0 Å². The lowest BCUT2D eigenvalue weighted by atomic mass is 10.2. The molecule has 3 heteroatoms. The van der Waals surface area contributed by atoms with Crippen molar-refractivity contribution in [2.24, 2.45) is 5.92 Å². The van der Waals surface area contributed by atoms with E-state index in [2.05, 4.69) is 57.1 Å². The number of nitrogens with one attached hydrogen (secondary N) is 1. The Bertz CT molecular complexity index is 330. The number of aromatic nitrogens is 1. The topological polar surface area (TPSA) is 24.9 Å². The van der Waals surface area contributed by atoms with E-state index < -0.39 is 0 Å². The summed E-state index contributed by atoms with van der Waals surface area (Å²) in [5, 5.41) is 4.62. The Morgan fingerprint density at radius 1 is 1.24 bits per heavy atom. The Kier molecular flexibility index (Phi) is 6.00. The van der Waals surface area contributed by atoms with Gasteiger partial charge >= 0.3 is 0 Å². The van der Waals surface area contributed by atoms with E-state index in [0.717, 1.165) is 23.0 Å². The summed E-state index contributed by atoms with van der Waals surface area (Å²) >= 11 is 1.86. The fourth-order valence-corrected chi connectivity index (χ4v) is 2.65. The number of pyridine rings is 1. The van der Waals surface area contributed by atoms with E-state index in [1.807, 2.05) is 11.8 Å². The zero-order valence-corrected chi connectivity index (χ0v) is 12.4. The molecule has 0 aliphatic carbocycles. The molecule has 0 fully saturated rings. The molecule has 2 nitrogen and oxygen atoms in total. The van der Waals surface area contributed by atoms with Gasteiger partial charge in [-0.1, -0.05) is 20.8 Å². The molecule has 1 rings (SSSR count). The van der Waals surface area contributed by atoms with Crippen LogP contribution >= 0.6 is 11.8 Å². The van der Waals surface area contributed by atoms with Crippen molar-refractivity contribution in [2.75, 3.05) is 12.3 Å². The third-order valence-electron chi connectivity index (χ3n) is 2.46. The average Bonchev–Trinajstić information content (AvgIpc) is 2.22. The van der Waals surface area contributed by atoms with E-state index >= 15 is 0 Å². The van der Waals surface area contributed by atoms with Gasteiger partial charge in [0.2, 0.25) is 0 Å². The molecular weight excluding hydrogens is 228 g/mol. The summed E-state index contributed by atoms with van der Waals surface area (Å²) in [4.78, 5) is 4.54. The molecule has 0 radical (unpaired) electrons. The summed E-state index contributed by atoms with van der Waals surface area (Å²) in [7, 11) is 0. The van der Waals surface area contributed by atoms with Crippen LogP contribution in [-0.4, -0.2) is 23.3 Å². The quantitative estimate of drug-likeness (QED) is 0.785. The molecule has 0 aromatic carbocycles. The fourth-order valence-electron chi connectivity index (χ4n) is 1.60. The van der Waals surface area contributed by atoms with Crippen LogP contribution in [0.1, 0.15) is 32.0 Å². The first-order valence-electron chi connectivity index (χ1n) is 6.29. The summed E-state index contributed by atoms with van der Waals surface area (Å²) in [6.07, 6.45) is 0. The first-order valence-corrected chi connectivity index (χ1v) is 7.27. The van der Waals surface area contributed by atoms with Crippen molar-refractivity contribution < 1.29 is 0 Å². The molecule has 1 atom stereocenters. The molecule has 1 unspecified atom stereocenters. The minimum atomic E-state index is 0.571. The molecule has 0 aliphatic rings. The van der Waals surface area contributed by atoms with Crippen LogP contribution in [0.5, 0.6) is 0 Å². The Morgan fingerprint density at radius 3 is 2.53 bits per heavy atom. The summed E-state index contributed by atoms with van der Waals surface area (Å²) in [5.74, 6) is 1.79. The first kappa shape index (κ1) is 14.5. The highest BCUT2D eigenvalue weighted by Crippen LogP contribution is 2.20. The van der Waals surface area contributed by atoms with Gasteiger partial charge in [0.1, 0.15) is 0 Å². The Morgan fingerprint density at radius 2 is 1.94 bits per heavy atom. The van der Waals surface area contributed by atoms with Crippen LogP contribution in [0, 0.1) is 19.8 Å². The number of hydrogen-bond donors (Lipinski definition) is 1. The summed E-state index contributed by atoms with van der Waals surface area (Å²) in [6.45, 7) is 11.9. The molecule has 17 heavy (non-hydrogen) atoms. The molecule has 0 saturated carbocycles. The lowest BCUT2D eigenvalue weighted by Crippen LogP contribution is -2.28. The molecule has 1 aromatic heterocycles. The maximum atomic E-state index is 4.54. The van der Waals surface area contributed by atoms with Crippen LogP contribution in [0.2, 0.25) is 0 Å². The maximum absolute atomic E-state index is 4.54. The van der Waals surface area contributed by atoms with Crippen LogP contribution in [0.15, 0.2) is 17.2 Å². The van der Waals surface area contributed by atoms with E-state index in [-0.39, 0.29) is 0 Å².